The molecule has 36 heavy (non-hydrogen) atoms. The fourth-order valence-electron chi connectivity index (χ4n) is 5.32. The van der Waals surface area contributed by atoms with Crippen molar-refractivity contribution in [1.29, 1.82) is 0 Å². The first-order valence-corrected chi connectivity index (χ1v) is 11.7. The van der Waals surface area contributed by atoms with E-state index in [-0.39, 0.29) is 43.0 Å². The summed E-state index contributed by atoms with van der Waals surface area (Å²) in [6, 6.07) is 0.751. The number of hydrogen-bond donors (Lipinski definition) is 2. The molecule has 6 rings (SSSR count). The van der Waals surface area contributed by atoms with E-state index in [9.17, 15) is 22.8 Å². The van der Waals surface area contributed by atoms with Crippen molar-refractivity contribution >= 4 is 23.4 Å². The molecule has 0 saturated carbocycles. The van der Waals surface area contributed by atoms with Gasteiger partial charge in [0.2, 0.25) is 5.95 Å². The van der Waals surface area contributed by atoms with Crippen LogP contribution in [0.3, 0.4) is 0 Å². The lowest BCUT2D eigenvalue weighted by atomic mass is 10.1. The van der Waals surface area contributed by atoms with E-state index in [0.29, 0.717) is 37.7 Å². The standard InChI is InChI=1S/C22H24F3N7O4/c23-22(24,25)16-1-3-30-18(34)6-17(32-9-13-7-21(32,26)11-36-13)29-20(30)31(16)10-14(33)12-5-15-19(28-8-12)27-2-4-35-15/h5-6,8,13,16H,1-4,7,9-11,26H2,(H,27,28). The Balaban J connectivity index is 1.37. The van der Waals surface area contributed by atoms with Gasteiger partial charge in [-0.3, -0.25) is 14.2 Å². The number of Topliss-reactive ketones (excluding diaryl/α,β-unsaturated/α-hetero) is 1. The van der Waals surface area contributed by atoms with Gasteiger partial charge in [-0.1, -0.05) is 0 Å². The van der Waals surface area contributed by atoms with Gasteiger partial charge in [-0.25, -0.2) is 4.98 Å². The molecule has 6 heterocycles. The summed E-state index contributed by atoms with van der Waals surface area (Å²) in [4.78, 5) is 37.3. The molecule has 0 aromatic carbocycles. The Morgan fingerprint density at radius 2 is 2.17 bits per heavy atom. The van der Waals surface area contributed by atoms with Crippen molar-refractivity contribution in [2.45, 2.75) is 43.4 Å². The highest BCUT2D eigenvalue weighted by Gasteiger charge is 2.51. The zero-order chi connectivity index (χ0) is 25.2. The Labute approximate surface area is 203 Å². The minimum absolute atomic E-state index is 0.101. The summed E-state index contributed by atoms with van der Waals surface area (Å²) in [6.45, 7) is 0.726. The van der Waals surface area contributed by atoms with Crippen molar-refractivity contribution in [3.8, 4) is 5.75 Å². The zero-order valence-corrected chi connectivity index (χ0v) is 19.1. The van der Waals surface area contributed by atoms with Gasteiger partial charge in [-0.05, 0) is 12.5 Å². The van der Waals surface area contributed by atoms with Crippen molar-refractivity contribution in [2.24, 2.45) is 5.73 Å². The van der Waals surface area contributed by atoms with Crippen LogP contribution in [0.2, 0.25) is 0 Å². The minimum Gasteiger partial charge on any atom is -0.488 e. The fraction of sp³-hybridized carbons (Fsp3) is 0.545. The number of rotatable bonds is 4. The predicted octanol–water partition coefficient (Wildman–Crippen LogP) is 0.730. The van der Waals surface area contributed by atoms with Crippen molar-refractivity contribution in [1.82, 2.24) is 14.5 Å². The topological polar surface area (TPSA) is 128 Å². The first-order valence-electron chi connectivity index (χ1n) is 11.7. The lowest BCUT2D eigenvalue weighted by molar-refractivity contribution is -0.152. The van der Waals surface area contributed by atoms with Gasteiger partial charge in [0.1, 0.15) is 24.1 Å². The third-order valence-corrected chi connectivity index (χ3v) is 7.10. The van der Waals surface area contributed by atoms with E-state index in [2.05, 4.69) is 15.3 Å². The van der Waals surface area contributed by atoms with E-state index in [1.807, 2.05) is 0 Å². The molecule has 192 valence electrons. The number of ketones is 1. The fourth-order valence-corrected chi connectivity index (χ4v) is 5.32. The zero-order valence-electron chi connectivity index (χ0n) is 19.1. The van der Waals surface area contributed by atoms with Crippen LogP contribution in [0.5, 0.6) is 5.75 Å². The number of fused-ring (bicyclic) bond motifs is 4. The number of alkyl halides is 3. The summed E-state index contributed by atoms with van der Waals surface area (Å²) >= 11 is 0. The Morgan fingerprint density at radius 1 is 1.33 bits per heavy atom. The number of nitrogens with one attached hydrogen (secondary N) is 1. The first kappa shape index (κ1) is 23.0. The van der Waals surface area contributed by atoms with Gasteiger partial charge in [0.25, 0.3) is 5.56 Å². The molecule has 3 N–H and O–H groups in total. The number of hydrogen-bond acceptors (Lipinski definition) is 10. The summed E-state index contributed by atoms with van der Waals surface area (Å²) in [5.41, 5.74) is 5.14. The van der Waals surface area contributed by atoms with Gasteiger partial charge in [0.05, 0.1) is 25.8 Å². The number of aromatic nitrogens is 3. The molecule has 2 saturated heterocycles. The third-order valence-electron chi connectivity index (χ3n) is 7.10. The Bertz CT molecular complexity index is 1290. The summed E-state index contributed by atoms with van der Waals surface area (Å²) in [5, 5.41) is 3.03. The number of nitrogens with two attached hydrogens (primary N) is 1. The van der Waals surface area contributed by atoms with Crippen LogP contribution < -0.4 is 31.1 Å². The average Bonchev–Trinajstić information content (AvgIpc) is 3.39. The molecule has 0 spiro atoms. The van der Waals surface area contributed by atoms with Gasteiger partial charge >= 0.3 is 6.18 Å². The molecule has 3 atom stereocenters. The Morgan fingerprint density at radius 3 is 2.89 bits per heavy atom. The van der Waals surface area contributed by atoms with Gasteiger partial charge in [0.15, 0.2) is 17.4 Å². The van der Waals surface area contributed by atoms with E-state index in [1.165, 1.54) is 22.9 Å². The Kier molecular flexibility index (Phi) is 5.16. The maximum absolute atomic E-state index is 14.1. The highest BCUT2D eigenvalue weighted by Crippen LogP contribution is 2.39. The van der Waals surface area contributed by atoms with Gasteiger partial charge < -0.3 is 30.3 Å². The molecule has 3 unspecified atom stereocenters. The number of ether oxygens (including phenoxy) is 2. The molecule has 2 aromatic heterocycles. The predicted molar refractivity (Wildman–Crippen MR) is 121 cm³/mol. The number of anilines is 3. The number of carbonyl (C=O) groups is 1. The number of halogens is 3. The van der Waals surface area contributed by atoms with Crippen molar-refractivity contribution in [3.05, 3.63) is 34.2 Å². The van der Waals surface area contributed by atoms with Gasteiger partial charge in [0, 0.05) is 37.3 Å². The second kappa shape index (κ2) is 8.06. The molecule has 0 radical (unpaired) electrons. The van der Waals surface area contributed by atoms with Crippen LogP contribution >= 0.6 is 0 Å². The average molecular weight is 507 g/mol. The van der Waals surface area contributed by atoms with Crippen LogP contribution in [-0.4, -0.2) is 77.2 Å². The second-order valence-electron chi connectivity index (χ2n) is 9.50. The second-order valence-corrected chi connectivity index (χ2v) is 9.50. The molecule has 14 heteroatoms. The maximum Gasteiger partial charge on any atom is 0.408 e. The van der Waals surface area contributed by atoms with Gasteiger partial charge in [-0.2, -0.15) is 18.2 Å². The highest BCUT2D eigenvalue weighted by molar-refractivity contribution is 5.99. The monoisotopic (exact) mass is 507 g/mol. The maximum atomic E-state index is 14.1. The van der Waals surface area contributed by atoms with Crippen molar-refractivity contribution < 1.29 is 27.4 Å². The van der Waals surface area contributed by atoms with Crippen LogP contribution in [0.1, 0.15) is 23.2 Å². The SMILES string of the molecule is NC12COC(CN1c1cc(=O)n3c(n1)N(CC(=O)c1cnc4c(c1)OCCN4)C(C(F)(F)F)CC3)C2. The van der Waals surface area contributed by atoms with E-state index in [1.54, 1.807) is 4.90 Å². The van der Waals surface area contributed by atoms with E-state index < -0.39 is 35.8 Å². The number of nitrogens with zero attached hydrogens (tertiary/aromatic N) is 5. The molecule has 0 amide bonds. The minimum atomic E-state index is -4.64. The van der Waals surface area contributed by atoms with E-state index in [4.69, 9.17) is 15.2 Å². The summed E-state index contributed by atoms with van der Waals surface area (Å²) in [5.74, 6) is 0.178. The molecule has 11 nitrogen and oxygen atoms in total. The lowest BCUT2D eigenvalue weighted by Gasteiger charge is -2.40. The highest BCUT2D eigenvalue weighted by atomic mass is 19.4. The summed E-state index contributed by atoms with van der Waals surface area (Å²) in [6.07, 6.45) is -3.34. The van der Waals surface area contributed by atoms with Crippen LogP contribution in [0.15, 0.2) is 23.1 Å². The van der Waals surface area contributed by atoms with E-state index in [0.717, 1.165) is 4.90 Å². The number of carbonyl (C=O) groups excluding carboxylic acids is 1. The normalized spacial score (nSPS) is 26.8. The molecular formula is C22H24F3N7O4. The summed E-state index contributed by atoms with van der Waals surface area (Å²) < 4.78 is 54.5. The first-order chi connectivity index (χ1) is 17.1. The van der Waals surface area contributed by atoms with Crippen molar-refractivity contribution in [2.75, 3.05) is 48.0 Å². The molecule has 2 fully saturated rings. The third kappa shape index (κ3) is 3.75. The largest absolute Gasteiger partial charge is 0.488 e. The Hall–Kier alpha value is -3.39. The van der Waals surface area contributed by atoms with Crippen LogP contribution in [0, 0.1) is 0 Å². The lowest BCUT2D eigenvalue weighted by Crippen LogP contribution is -2.57. The molecular weight excluding hydrogens is 483 g/mol. The molecule has 4 aliphatic rings. The summed E-state index contributed by atoms with van der Waals surface area (Å²) in [7, 11) is 0. The quantitative estimate of drug-likeness (QED) is 0.572. The molecule has 2 aromatic rings. The molecule has 2 bridgehead atoms. The van der Waals surface area contributed by atoms with Crippen molar-refractivity contribution in [3.63, 3.8) is 0 Å². The van der Waals surface area contributed by atoms with E-state index >= 15 is 0 Å². The van der Waals surface area contributed by atoms with Crippen LogP contribution in [0.25, 0.3) is 0 Å². The number of pyridine rings is 1. The van der Waals surface area contributed by atoms with Crippen LogP contribution in [0.4, 0.5) is 30.8 Å². The van der Waals surface area contributed by atoms with Gasteiger partial charge in [-0.15, -0.1) is 0 Å². The number of morpholine rings is 1. The smallest absolute Gasteiger partial charge is 0.408 e. The van der Waals surface area contributed by atoms with Crippen LogP contribution in [-0.2, 0) is 11.3 Å². The molecule has 0 aliphatic carbocycles. The molecule has 4 aliphatic heterocycles.